The Hall–Kier alpha value is -0.610. The van der Waals surface area contributed by atoms with E-state index in [4.69, 9.17) is 9.84 Å². The van der Waals surface area contributed by atoms with E-state index in [-0.39, 0.29) is 5.92 Å². The van der Waals surface area contributed by atoms with Gasteiger partial charge in [0.2, 0.25) is 0 Å². The van der Waals surface area contributed by atoms with Crippen molar-refractivity contribution < 1.29 is 14.6 Å². The molecule has 2 aliphatic rings. The fourth-order valence-corrected chi connectivity index (χ4v) is 2.69. The van der Waals surface area contributed by atoms with Crippen LogP contribution in [0.2, 0.25) is 0 Å². The van der Waals surface area contributed by atoms with Crippen molar-refractivity contribution in [2.24, 2.45) is 11.8 Å². The van der Waals surface area contributed by atoms with Gasteiger partial charge in [0.05, 0.1) is 12.5 Å². The van der Waals surface area contributed by atoms with E-state index in [1.165, 1.54) is 0 Å². The Kier molecular flexibility index (Phi) is 2.74. The molecule has 1 N–H and O–H groups in total. The van der Waals surface area contributed by atoms with E-state index in [1.54, 1.807) is 0 Å². The van der Waals surface area contributed by atoms with Crippen molar-refractivity contribution in [1.82, 2.24) is 4.90 Å². The molecule has 4 heteroatoms. The van der Waals surface area contributed by atoms with Gasteiger partial charge in [-0.1, -0.05) is 0 Å². The minimum absolute atomic E-state index is 0.206. The monoisotopic (exact) mass is 199 g/mol. The summed E-state index contributed by atoms with van der Waals surface area (Å²) < 4.78 is 5.40. The van der Waals surface area contributed by atoms with Crippen LogP contribution in [0.5, 0.6) is 0 Å². The highest BCUT2D eigenvalue weighted by Crippen LogP contribution is 2.31. The molecule has 0 saturated carbocycles. The number of piperidine rings is 1. The number of rotatable bonds is 1. The first-order valence-corrected chi connectivity index (χ1v) is 5.19. The maximum Gasteiger partial charge on any atom is 0.307 e. The molecule has 0 amide bonds. The van der Waals surface area contributed by atoms with Crippen LogP contribution in [0, 0.1) is 11.8 Å². The summed E-state index contributed by atoms with van der Waals surface area (Å²) in [4.78, 5) is 13.1. The normalized spacial score (nSPS) is 39.1. The lowest BCUT2D eigenvalue weighted by Crippen LogP contribution is -2.52. The highest BCUT2D eigenvalue weighted by Gasteiger charge is 2.38. The van der Waals surface area contributed by atoms with E-state index in [1.807, 2.05) is 7.05 Å². The standard InChI is InChI=1S/C10H17NO3/c1-11-5-7(10(12)13)4-8-6-14-3-2-9(8)11/h7-9H,2-6H2,1H3,(H,12,13). The Morgan fingerprint density at radius 3 is 3.07 bits per heavy atom. The van der Waals surface area contributed by atoms with Crippen molar-refractivity contribution in [3.63, 3.8) is 0 Å². The van der Waals surface area contributed by atoms with Crippen molar-refractivity contribution in [2.45, 2.75) is 18.9 Å². The van der Waals surface area contributed by atoms with Gasteiger partial charge in [0.1, 0.15) is 0 Å². The van der Waals surface area contributed by atoms with Crippen LogP contribution in [0.1, 0.15) is 12.8 Å². The molecule has 2 saturated heterocycles. The van der Waals surface area contributed by atoms with Crippen LogP contribution in [-0.2, 0) is 9.53 Å². The van der Waals surface area contributed by atoms with Crippen LogP contribution < -0.4 is 0 Å². The molecule has 80 valence electrons. The number of carbonyl (C=O) groups is 1. The first-order chi connectivity index (χ1) is 6.68. The number of fused-ring (bicyclic) bond motifs is 1. The summed E-state index contributed by atoms with van der Waals surface area (Å²) in [7, 11) is 2.03. The number of aliphatic carboxylic acids is 1. The highest BCUT2D eigenvalue weighted by atomic mass is 16.5. The van der Waals surface area contributed by atoms with E-state index in [0.29, 0.717) is 18.5 Å². The van der Waals surface area contributed by atoms with Gasteiger partial charge < -0.3 is 14.7 Å². The van der Waals surface area contributed by atoms with Crippen LogP contribution in [0.4, 0.5) is 0 Å². The lowest BCUT2D eigenvalue weighted by atomic mass is 9.81. The second kappa shape index (κ2) is 3.87. The molecule has 2 fully saturated rings. The average molecular weight is 199 g/mol. The van der Waals surface area contributed by atoms with Crippen LogP contribution in [-0.4, -0.2) is 48.8 Å². The molecular formula is C10H17NO3. The summed E-state index contributed by atoms with van der Waals surface area (Å²) >= 11 is 0. The Balaban J connectivity index is 2.04. The molecule has 0 aromatic carbocycles. The fraction of sp³-hybridized carbons (Fsp3) is 0.900. The molecule has 0 spiro atoms. The van der Waals surface area contributed by atoms with Crippen LogP contribution in [0.25, 0.3) is 0 Å². The van der Waals surface area contributed by atoms with Crippen molar-refractivity contribution in [1.29, 1.82) is 0 Å². The molecule has 2 rings (SSSR count). The Labute approximate surface area is 83.8 Å². The fourth-order valence-electron chi connectivity index (χ4n) is 2.69. The summed E-state index contributed by atoms with van der Waals surface area (Å²) in [5, 5.41) is 8.98. The molecule has 2 heterocycles. The third kappa shape index (κ3) is 1.77. The molecule has 3 unspecified atom stereocenters. The summed E-state index contributed by atoms with van der Waals surface area (Å²) in [6, 6.07) is 0.541. The number of hydrogen-bond donors (Lipinski definition) is 1. The van der Waals surface area contributed by atoms with Gasteiger partial charge in [-0.2, -0.15) is 0 Å². The molecule has 0 aliphatic carbocycles. The SMILES string of the molecule is CN1CC(C(=O)O)CC2COCCC21. The first-order valence-electron chi connectivity index (χ1n) is 5.19. The van der Waals surface area contributed by atoms with E-state index >= 15 is 0 Å². The van der Waals surface area contributed by atoms with Gasteiger partial charge in [-0.15, -0.1) is 0 Å². The van der Waals surface area contributed by atoms with Crippen molar-refractivity contribution in [3.8, 4) is 0 Å². The van der Waals surface area contributed by atoms with Crippen molar-refractivity contribution in [3.05, 3.63) is 0 Å². The molecule has 0 aromatic rings. The average Bonchev–Trinajstić information content (AvgIpc) is 2.17. The smallest absolute Gasteiger partial charge is 0.307 e. The lowest BCUT2D eigenvalue weighted by Gasteiger charge is -2.44. The summed E-state index contributed by atoms with van der Waals surface area (Å²) in [5.74, 6) is -0.451. The predicted molar refractivity (Wildman–Crippen MR) is 51.1 cm³/mol. The van der Waals surface area contributed by atoms with Crippen molar-refractivity contribution >= 4 is 5.97 Å². The maximum absolute atomic E-state index is 10.9. The summed E-state index contributed by atoms with van der Waals surface area (Å²) in [6.07, 6.45) is 1.83. The zero-order valence-electron chi connectivity index (χ0n) is 8.48. The molecule has 2 aliphatic heterocycles. The van der Waals surface area contributed by atoms with Gasteiger partial charge in [-0.05, 0) is 25.8 Å². The first kappa shape index (κ1) is 9.93. The lowest BCUT2D eigenvalue weighted by molar-refractivity contribution is -0.147. The van der Waals surface area contributed by atoms with E-state index in [9.17, 15) is 4.79 Å². The molecule has 3 atom stereocenters. The Bertz CT molecular complexity index is 231. The summed E-state index contributed by atoms with van der Waals surface area (Å²) in [5.41, 5.74) is 0. The topological polar surface area (TPSA) is 49.8 Å². The van der Waals surface area contributed by atoms with Gasteiger partial charge in [0.15, 0.2) is 0 Å². The number of ether oxygens (including phenoxy) is 1. The zero-order valence-corrected chi connectivity index (χ0v) is 8.48. The summed E-state index contributed by atoms with van der Waals surface area (Å²) in [6.45, 7) is 2.25. The quantitative estimate of drug-likeness (QED) is 0.665. The second-order valence-electron chi connectivity index (χ2n) is 4.40. The third-order valence-corrected chi connectivity index (χ3v) is 3.45. The van der Waals surface area contributed by atoms with Gasteiger partial charge in [0, 0.05) is 19.2 Å². The Morgan fingerprint density at radius 1 is 1.57 bits per heavy atom. The van der Waals surface area contributed by atoms with Gasteiger partial charge in [-0.25, -0.2) is 0 Å². The molecule has 0 aromatic heterocycles. The largest absolute Gasteiger partial charge is 0.481 e. The number of hydrogen-bond acceptors (Lipinski definition) is 3. The van der Waals surface area contributed by atoms with E-state index in [0.717, 1.165) is 26.1 Å². The predicted octanol–water partition coefficient (Wildman–Crippen LogP) is 0.428. The Morgan fingerprint density at radius 2 is 2.36 bits per heavy atom. The second-order valence-corrected chi connectivity index (χ2v) is 4.40. The number of nitrogens with zero attached hydrogens (tertiary/aromatic N) is 1. The number of carboxylic acids is 1. The number of likely N-dealkylation sites (tertiary alicyclic amines) is 1. The molecule has 0 radical (unpaired) electrons. The van der Waals surface area contributed by atoms with Gasteiger partial charge in [-0.3, -0.25) is 4.79 Å². The number of carboxylic acid groups (broad SMARTS) is 1. The highest BCUT2D eigenvalue weighted by molar-refractivity contribution is 5.70. The molecule has 14 heavy (non-hydrogen) atoms. The van der Waals surface area contributed by atoms with E-state index < -0.39 is 5.97 Å². The van der Waals surface area contributed by atoms with Crippen LogP contribution >= 0.6 is 0 Å². The van der Waals surface area contributed by atoms with E-state index in [2.05, 4.69) is 4.90 Å². The third-order valence-electron chi connectivity index (χ3n) is 3.45. The minimum atomic E-state index is -0.666. The minimum Gasteiger partial charge on any atom is -0.481 e. The zero-order chi connectivity index (χ0) is 10.1. The van der Waals surface area contributed by atoms with Gasteiger partial charge >= 0.3 is 5.97 Å². The molecule has 0 bridgehead atoms. The molecular weight excluding hydrogens is 182 g/mol. The van der Waals surface area contributed by atoms with Crippen LogP contribution in [0.15, 0.2) is 0 Å². The maximum atomic E-state index is 10.9. The van der Waals surface area contributed by atoms with Crippen molar-refractivity contribution in [2.75, 3.05) is 26.8 Å². The molecule has 4 nitrogen and oxygen atoms in total. The van der Waals surface area contributed by atoms with Crippen LogP contribution in [0.3, 0.4) is 0 Å². The van der Waals surface area contributed by atoms with Gasteiger partial charge in [0.25, 0.3) is 0 Å².